The number of carbonyl (C=O) groups is 3. The molecular formula is C57H108O6. The average Bonchev–Trinajstić information content (AvgIpc) is 3.28. The minimum absolute atomic E-state index is 0.0655. The number of unbranched alkanes of at least 4 members (excludes halogenated alkanes) is 39. The Hall–Kier alpha value is -1.85. The first kappa shape index (κ1) is 61.1. The van der Waals surface area contributed by atoms with Crippen molar-refractivity contribution in [3.8, 4) is 0 Å². The minimum Gasteiger partial charge on any atom is -0.462 e. The van der Waals surface area contributed by atoms with E-state index in [1.165, 1.54) is 218 Å². The third-order valence-corrected chi connectivity index (χ3v) is 12.8. The van der Waals surface area contributed by atoms with Crippen molar-refractivity contribution in [2.75, 3.05) is 13.2 Å². The molecule has 0 heterocycles. The first-order valence-electron chi connectivity index (χ1n) is 28.2. The molecule has 6 nitrogen and oxygen atoms in total. The second-order valence-electron chi connectivity index (χ2n) is 19.2. The standard InChI is InChI=1S/C57H108O6/c1-4-7-10-13-16-19-21-23-25-27-29-31-32-34-36-38-41-44-47-50-56(59)62-53-54(52-61-55(58)49-46-43-40-18-15-12-9-6-3)63-57(60)51-48-45-42-39-37-35-33-30-28-26-24-22-20-17-14-11-8-5-2/h23,25,54H,4-22,24,26-53H2,1-3H3/b25-23-. The van der Waals surface area contributed by atoms with Gasteiger partial charge in [0.25, 0.3) is 0 Å². The van der Waals surface area contributed by atoms with Gasteiger partial charge >= 0.3 is 17.9 Å². The van der Waals surface area contributed by atoms with Crippen molar-refractivity contribution in [2.45, 2.75) is 322 Å². The normalized spacial score (nSPS) is 12.0. The molecule has 372 valence electrons. The van der Waals surface area contributed by atoms with E-state index in [-0.39, 0.29) is 31.1 Å². The molecule has 0 aliphatic rings. The summed E-state index contributed by atoms with van der Waals surface area (Å²) in [7, 11) is 0. The molecule has 1 unspecified atom stereocenters. The second-order valence-corrected chi connectivity index (χ2v) is 19.2. The maximum atomic E-state index is 12.8. The molecule has 0 saturated heterocycles. The van der Waals surface area contributed by atoms with Crippen LogP contribution in [0.4, 0.5) is 0 Å². The molecule has 0 aromatic carbocycles. The molecule has 0 saturated carbocycles. The summed E-state index contributed by atoms with van der Waals surface area (Å²) in [5.74, 6) is -0.851. The zero-order valence-electron chi connectivity index (χ0n) is 42.6. The maximum absolute atomic E-state index is 12.8. The van der Waals surface area contributed by atoms with E-state index in [1.807, 2.05) is 0 Å². The highest BCUT2D eigenvalue weighted by Gasteiger charge is 2.19. The van der Waals surface area contributed by atoms with E-state index in [4.69, 9.17) is 14.2 Å². The topological polar surface area (TPSA) is 78.9 Å². The van der Waals surface area contributed by atoms with Crippen LogP contribution in [-0.4, -0.2) is 37.2 Å². The summed E-state index contributed by atoms with van der Waals surface area (Å²) in [5.41, 5.74) is 0. The molecule has 0 fully saturated rings. The lowest BCUT2D eigenvalue weighted by molar-refractivity contribution is -0.167. The number of carbonyl (C=O) groups excluding carboxylic acids is 3. The summed E-state index contributed by atoms with van der Waals surface area (Å²) in [6.45, 7) is 6.66. The number of hydrogen-bond donors (Lipinski definition) is 0. The van der Waals surface area contributed by atoms with Gasteiger partial charge in [-0.3, -0.25) is 14.4 Å². The van der Waals surface area contributed by atoms with Crippen LogP contribution in [0.5, 0.6) is 0 Å². The van der Waals surface area contributed by atoms with Crippen LogP contribution in [0.25, 0.3) is 0 Å². The lowest BCUT2D eigenvalue weighted by Crippen LogP contribution is -2.30. The summed E-state index contributed by atoms with van der Waals surface area (Å²) in [6, 6.07) is 0. The smallest absolute Gasteiger partial charge is 0.306 e. The zero-order valence-corrected chi connectivity index (χ0v) is 42.6. The van der Waals surface area contributed by atoms with Crippen LogP contribution >= 0.6 is 0 Å². The second kappa shape index (κ2) is 52.8. The highest BCUT2D eigenvalue weighted by Crippen LogP contribution is 2.17. The van der Waals surface area contributed by atoms with Crippen molar-refractivity contribution >= 4 is 17.9 Å². The molecule has 0 N–H and O–H groups in total. The lowest BCUT2D eigenvalue weighted by atomic mass is 10.0. The van der Waals surface area contributed by atoms with E-state index in [0.29, 0.717) is 19.3 Å². The summed E-state index contributed by atoms with van der Waals surface area (Å²) in [5, 5.41) is 0. The van der Waals surface area contributed by atoms with Gasteiger partial charge in [-0.1, -0.05) is 264 Å². The number of allylic oxidation sites excluding steroid dienone is 2. The third kappa shape index (κ3) is 51.0. The van der Waals surface area contributed by atoms with Gasteiger partial charge < -0.3 is 14.2 Å². The molecule has 0 aromatic heterocycles. The van der Waals surface area contributed by atoms with Gasteiger partial charge in [-0.15, -0.1) is 0 Å². The van der Waals surface area contributed by atoms with E-state index >= 15 is 0 Å². The van der Waals surface area contributed by atoms with Crippen molar-refractivity contribution in [1.82, 2.24) is 0 Å². The monoisotopic (exact) mass is 889 g/mol. The Balaban J connectivity index is 4.20. The summed E-state index contributed by atoms with van der Waals surface area (Å²) in [4.78, 5) is 37.9. The van der Waals surface area contributed by atoms with E-state index < -0.39 is 6.10 Å². The Kier molecular flexibility index (Phi) is 51.2. The Morgan fingerprint density at radius 3 is 0.794 bits per heavy atom. The number of hydrogen-bond acceptors (Lipinski definition) is 6. The van der Waals surface area contributed by atoms with Gasteiger partial charge in [0.05, 0.1) is 0 Å². The van der Waals surface area contributed by atoms with E-state index in [0.717, 1.165) is 57.8 Å². The molecule has 0 rings (SSSR count). The fourth-order valence-corrected chi connectivity index (χ4v) is 8.50. The molecule has 0 aliphatic carbocycles. The van der Waals surface area contributed by atoms with E-state index in [2.05, 4.69) is 32.9 Å². The fraction of sp³-hybridized carbons (Fsp3) is 0.912. The van der Waals surface area contributed by atoms with Crippen molar-refractivity contribution in [3.63, 3.8) is 0 Å². The molecule has 1 atom stereocenters. The zero-order chi connectivity index (χ0) is 45.8. The van der Waals surface area contributed by atoms with Gasteiger partial charge in [-0.05, 0) is 44.9 Å². The Labute approximate surface area is 392 Å². The lowest BCUT2D eigenvalue weighted by Gasteiger charge is -2.18. The average molecular weight is 889 g/mol. The molecule has 0 amide bonds. The maximum Gasteiger partial charge on any atom is 0.306 e. The molecule has 63 heavy (non-hydrogen) atoms. The molecule has 0 aromatic rings. The first-order chi connectivity index (χ1) is 31.0. The Morgan fingerprint density at radius 2 is 0.524 bits per heavy atom. The van der Waals surface area contributed by atoms with Gasteiger partial charge in [0.15, 0.2) is 6.10 Å². The van der Waals surface area contributed by atoms with Crippen LogP contribution in [0.15, 0.2) is 12.2 Å². The highest BCUT2D eigenvalue weighted by molar-refractivity contribution is 5.71. The SMILES string of the molecule is CCCCCCCC/C=C\CCCCCCCCCCCC(=O)OCC(COC(=O)CCCCCCCCCC)OC(=O)CCCCCCCCCCCCCCCCCCCC. The summed E-state index contributed by atoms with van der Waals surface area (Å²) in [6.07, 6.45) is 59.3. The molecule has 0 aliphatic heterocycles. The first-order valence-corrected chi connectivity index (χ1v) is 28.2. The fourth-order valence-electron chi connectivity index (χ4n) is 8.50. The highest BCUT2D eigenvalue weighted by atomic mass is 16.6. The molecule has 0 spiro atoms. The van der Waals surface area contributed by atoms with E-state index in [9.17, 15) is 14.4 Å². The van der Waals surface area contributed by atoms with E-state index in [1.54, 1.807) is 0 Å². The van der Waals surface area contributed by atoms with Gasteiger partial charge in [0.1, 0.15) is 13.2 Å². The Bertz CT molecular complexity index is 978. The van der Waals surface area contributed by atoms with Gasteiger partial charge in [0, 0.05) is 19.3 Å². The van der Waals surface area contributed by atoms with Crippen LogP contribution in [0, 0.1) is 0 Å². The van der Waals surface area contributed by atoms with Crippen LogP contribution in [0.2, 0.25) is 0 Å². The summed E-state index contributed by atoms with van der Waals surface area (Å²) < 4.78 is 16.8. The van der Waals surface area contributed by atoms with Crippen molar-refractivity contribution in [2.24, 2.45) is 0 Å². The van der Waals surface area contributed by atoms with Gasteiger partial charge in [-0.25, -0.2) is 0 Å². The number of rotatable bonds is 52. The van der Waals surface area contributed by atoms with Crippen molar-refractivity contribution in [3.05, 3.63) is 12.2 Å². The van der Waals surface area contributed by atoms with Crippen LogP contribution < -0.4 is 0 Å². The quantitative estimate of drug-likeness (QED) is 0.0262. The molecule has 0 bridgehead atoms. The van der Waals surface area contributed by atoms with Crippen LogP contribution in [0.3, 0.4) is 0 Å². The number of esters is 3. The van der Waals surface area contributed by atoms with Gasteiger partial charge in [0.2, 0.25) is 0 Å². The Morgan fingerprint density at radius 1 is 0.302 bits per heavy atom. The van der Waals surface area contributed by atoms with Crippen molar-refractivity contribution in [1.29, 1.82) is 0 Å². The predicted molar refractivity (Wildman–Crippen MR) is 270 cm³/mol. The predicted octanol–water partition coefficient (Wildman–Crippen LogP) is 18.5. The van der Waals surface area contributed by atoms with Gasteiger partial charge in [-0.2, -0.15) is 0 Å². The number of ether oxygens (including phenoxy) is 3. The van der Waals surface area contributed by atoms with Crippen LogP contribution in [-0.2, 0) is 28.6 Å². The summed E-state index contributed by atoms with van der Waals surface area (Å²) >= 11 is 0. The van der Waals surface area contributed by atoms with Crippen LogP contribution in [0.1, 0.15) is 316 Å². The molecular weight excluding hydrogens is 781 g/mol. The largest absolute Gasteiger partial charge is 0.462 e. The van der Waals surface area contributed by atoms with Crippen molar-refractivity contribution < 1.29 is 28.6 Å². The third-order valence-electron chi connectivity index (χ3n) is 12.8. The molecule has 6 heteroatoms. The minimum atomic E-state index is -0.763. The molecule has 0 radical (unpaired) electrons.